The van der Waals surface area contributed by atoms with Crippen molar-refractivity contribution in [2.45, 2.75) is 31.2 Å². The van der Waals surface area contributed by atoms with Crippen molar-refractivity contribution in [1.82, 2.24) is 9.21 Å². The lowest BCUT2D eigenvalue weighted by molar-refractivity contribution is 0.0785. The zero-order valence-corrected chi connectivity index (χ0v) is 20.8. The minimum absolute atomic E-state index is 0.106. The summed E-state index contributed by atoms with van der Waals surface area (Å²) in [6.07, 6.45) is 2.10. The van der Waals surface area contributed by atoms with Crippen LogP contribution in [0.1, 0.15) is 35.7 Å². The molecule has 1 saturated heterocycles. The first kappa shape index (κ1) is 24.9. The monoisotopic (exact) mass is 475 g/mol. The number of sulfonamides is 1. The fourth-order valence-electron chi connectivity index (χ4n) is 3.93. The van der Waals surface area contributed by atoms with Crippen LogP contribution in [-0.2, 0) is 16.6 Å². The molecule has 8 nitrogen and oxygen atoms in total. The molecule has 0 aromatic heterocycles. The Morgan fingerprint density at radius 2 is 1.73 bits per heavy atom. The molecule has 1 amide bonds. The standard InChI is InChI=1S/C24H33N3O5S/c1-6-32-22-12-9-18(15-23(22)31-5)17-26(4)24(28)20-16-19(33(29,30)25(2)3)10-11-21(20)27-13-7-8-14-27/h9-12,15-16H,6-8,13-14,17H2,1-5H3. The van der Waals surface area contributed by atoms with E-state index in [1.165, 1.54) is 20.2 Å². The number of hydrogen-bond acceptors (Lipinski definition) is 6. The number of carbonyl (C=O) groups excluding carboxylic acids is 1. The molecule has 0 atom stereocenters. The molecule has 9 heteroatoms. The van der Waals surface area contributed by atoms with Gasteiger partial charge in [0.15, 0.2) is 11.5 Å². The van der Waals surface area contributed by atoms with E-state index in [1.807, 2.05) is 25.1 Å². The lowest BCUT2D eigenvalue weighted by Crippen LogP contribution is -2.30. The fraction of sp³-hybridized carbons (Fsp3) is 0.458. The summed E-state index contributed by atoms with van der Waals surface area (Å²) in [6.45, 7) is 4.47. The van der Waals surface area contributed by atoms with Gasteiger partial charge in [0.05, 0.1) is 24.2 Å². The molecule has 33 heavy (non-hydrogen) atoms. The maximum absolute atomic E-state index is 13.5. The summed E-state index contributed by atoms with van der Waals surface area (Å²) in [5.41, 5.74) is 2.04. The highest BCUT2D eigenvalue weighted by atomic mass is 32.2. The van der Waals surface area contributed by atoms with Gasteiger partial charge in [0.2, 0.25) is 10.0 Å². The van der Waals surface area contributed by atoms with Crippen LogP contribution < -0.4 is 14.4 Å². The van der Waals surface area contributed by atoms with E-state index in [0.29, 0.717) is 30.2 Å². The van der Waals surface area contributed by atoms with Gasteiger partial charge < -0.3 is 19.3 Å². The van der Waals surface area contributed by atoms with Crippen molar-refractivity contribution in [2.24, 2.45) is 0 Å². The van der Waals surface area contributed by atoms with Crippen LogP contribution in [0.4, 0.5) is 5.69 Å². The largest absolute Gasteiger partial charge is 0.493 e. The van der Waals surface area contributed by atoms with E-state index in [9.17, 15) is 13.2 Å². The Balaban J connectivity index is 1.93. The third-order valence-electron chi connectivity index (χ3n) is 5.72. The molecule has 1 aliphatic rings. The zero-order chi connectivity index (χ0) is 24.2. The van der Waals surface area contributed by atoms with Gasteiger partial charge in [-0.05, 0) is 55.7 Å². The van der Waals surface area contributed by atoms with Crippen LogP contribution in [0.15, 0.2) is 41.3 Å². The molecule has 0 spiro atoms. The van der Waals surface area contributed by atoms with Gasteiger partial charge >= 0.3 is 0 Å². The number of hydrogen-bond donors (Lipinski definition) is 0. The van der Waals surface area contributed by atoms with E-state index in [2.05, 4.69) is 4.90 Å². The lowest BCUT2D eigenvalue weighted by Gasteiger charge is -2.25. The van der Waals surface area contributed by atoms with Crippen molar-refractivity contribution in [3.05, 3.63) is 47.5 Å². The molecule has 1 aliphatic heterocycles. The number of anilines is 1. The first-order valence-electron chi connectivity index (χ1n) is 11.1. The van der Waals surface area contributed by atoms with Crippen molar-refractivity contribution in [2.75, 3.05) is 52.8 Å². The average Bonchev–Trinajstić information content (AvgIpc) is 3.34. The molecule has 180 valence electrons. The van der Waals surface area contributed by atoms with Gasteiger partial charge in [-0.3, -0.25) is 4.79 Å². The number of amides is 1. The van der Waals surface area contributed by atoms with Crippen LogP contribution in [0.3, 0.4) is 0 Å². The van der Waals surface area contributed by atoms with Crippen molar-refractivity contribution < 1.29 is 22.7 Å². The van der Waals surface area contributed by atoms with E-state index in [-0.39, 0.29) is 10.8 Å². The van der Waals surface area contributed by atoms with Gasteiger partial charge in [-0.2, -0.15) is 0 Å². The lowest BCUT2D eigenvalue weighted by atomic mass is 10.1. The van der Waals surface area contributed by atoms with Gasteiger partial charge in [-0.25, -0.2) is 12.7 Å². The van der Waals surface area contributed by atoms with Crippen LogP contribution in [-0.4, -0.2) is 71.5 Å². The average molecular weight is 476 g/mol. The summed E-state index contributed by atoms with van der Waals surface area (Å²) in [5, 5.41) is 0. The predicted octanol–water partition coefficient (Wildman–Crippen LogP) is 3.22. The molecule has 0 radical (unpaired) electrons. The Morgan fingerprint density at radius 3 is 2.33 bits per heavy atom. The molecule has 3 rings (SSSR count). The Kier molecular flexibility index (Phi) is 7.86. The zero-order valence-electron chi connectivity index (χ0n) is 20.0. The summed E-state index contributed by atoms with van der Waals surface area (Å²) in [7, 11) is 2.60. The minimum Gasteiger partial charge on any atom is -0.493 e. The minimum atomic E-state index is -3.66. The second-order valence-corrected chi connectivity index (χ2v) is 10.4. The number of rotatable bonds is 9. The number of nitrogens with zero attached hydrogens (tertiary/aromatic N) is 3. The van der Waals surface area contributed by atoms with Gasteiger partial charge in [0, 0.05) is 46.5 Å². The van der Waals surface area contributed by atoms with E-state index in [1.54, 1.807) is 31.2 Å². The van der Waals surface area contributed by atoms with Gasteiger partial charge in [-0.15, -0.1) is 0 Å². The van der Waals surface area contributed by atoms with Gasteiger partial charge in [0.1, 0.15) is 0 Å². The summed E-state index contributed by atoms with van der Waals surface area (Å²) < 4.78 is 37.6. The molecule has 0 bridgehead atoms. The smallest absolute Gasteiger partial charge is 0.256 e. The molecule has 0 N–H and O–H groups in total. The number of ether oxygens (including phenoxy) is 2. The first-order chi connectivity index (χ1) is 15.7. The molecule has 0 saturated carbocycles. The molecule has 0 unspecified atom stereocenters. The molecule has 2 aromatic carbocycles. The van der Waals surface area contributed by atoms with Crippen molar-refractivity contribution in [1.29, 1.82) is 0 Å². The van der Waals surface area contributed by atoms with Crippen LogP contribution >= 0.6 is 0 Å². The second-order valence-electron chi connectivity index (χ2n) is 8.24. The highest BCUT2D eigenvalue weighted by Gasteiger charge is 2.26. The fourth-order valence-corrected chi connectivity index (χ4v) is 4.86. The Labute approximate surface area is 196 Å². The van der Waals surface area contributed by atoms with Gasteiger partial charge in [0.25, 0.3) is 5.91 Å². The van der Waals surface area contributed by atoms with Crippen LogP contribution in [0.5, 0.6) is 11.5 Å². The van der Waals surface area contributed by atoms with E-state index in [0.717, 1.165) is 41.5 Å². The summed E-state index contributed by atoms with van der Waals surface area (Å²) in [5.74, 6) is 1.02. The Bertz CT molecular complexity index is 1100. The van der Waals surface area contributed by atoms with Crippen molar-refractivity contribution in [3.63, 3.8) is 0 Å². The number of benzene rings is 2. The van der Waals surface area contributed by atoms with Crippen molar-refractivity contribution >= 4 is 21.6 Å². The molecular weight excluding hydrogens is 442 g/mol. The van der Waals surface area contributed by atoms with E-state index >= 15 is 0 Å². The Morgan fingerprint density at radius 1 is 1.03 bits per heavy atom. The predicted molar refractivity (Wildman–Crippen MR) is 129 cm³/mol. The molecule has 1 heterocycles. The third kappa shape index (κ3) is 5.42. The maximum Gasteiger partial charge on any atom is 0.256 e. The van der Waals surface area contributed by atoms with Crippen LogP contribution in [0.2, 0.25) is 0 Å². The second kappa shape index (κ2) is 10.4. The quantitative estimate of drug-likeness (QED) is 0.554. The summed E-state index contributed by atoms with van der Waals surface area (Å²) in [4.78, 5) is 17.4. The molecule has 0 aliphatic carbocycles. The first-order valence-corrected chi connectivity index (χ1v) is 12.5. The molecule has 2 aromatic rings. The summed E-state index contributed by atoms with van der Waals surface area (Å²) >= 11 is 0. The van der Waals surface area contributed by atoms with E-state index < -0.39 is 10.0 Å². The topological polar surface area (TPSA) is 79.4 Å². The van der Waals surface area contributed by atoms with Crippen LogP contribution in [0.25, 0.3) is 0 Å². The SMILES string of the molecule is CCOc1ccc(CN(C)C(=O)c2cc(S(=O)(=O)N(C)C)ccc2N2CCCC2)cc1OC. The summed E-state index contributed by atoms with van der Waals surface area (Å²) in [6, 6.07) is 10.4. The Hall–Kier alpha value is -2.78. The van der Waals surface area contributed by atoms with Crippen molar-refractivity contribution in [3.8, 4) is 11.5 Å². The normalized spacial score (nSPS) is 13.9. The molecular formula is C24H33N3O5S. The highest BCUT2D eigenvalue weighted by Crippen LogP contribution is 2.31. The van der Waals surface area contributed by atoms with Crippen LogP contribution in [0, 0.1) is 0 Å². The van der Waals surface area contributed by atoms with Gasteiger partial charge in [-0.1, -0.05) is 6.07 Å². The number of carbonyl (C=O) groups is 1. The van der Waals surface area contributed by atoms with E-state index in [4.69, 9.17) is 9.47 Å². The maximum atomic E-state index is 13.5. The third-order valence-corrected chi connectivity index (χ3v) is 7.53. The highest BCUT2D eigenvalue weighted by molar-refractivity contribution is 7.89. The molecule has 1 fully saturated rings. The number of methoxy groups -OCH3 is 1.